The molecule has 1 aromatic heterocycles. The van der Waals surface area contributed by atoms with Crippen molar-refractivity contribution in [2.24, 2.45) is 0 Å². The molecule has 30 heavy (non-hydrogen) atoms. The molecule has 3 rings (SSSR count). The fourth-order valence-corrected chi connectivity index (χ4v) is 3.54. The monoisotopic (exact) mass is 446 g/mol. The first kappa shape index (κ1) is 21.2. The number of benzene rings is 2. The Morgan fingerprint density at radius 1 is 1.10 bits per heavy atom. The van der Waals surface area contributed by atoms with Crippen molar-refractivity contribution in [1.82, 2.24) is 15.8 Å². The van der Waals surface area contributed by atoms with Gasteiger partial charge in [-0.25, -0.2) is 4.98 Å². The number of thiazole rings is 1. The summed E-state index contributed by atoms with van der Waals surface area (Å²) >= 11 is 7.50. The van der Waals surface area contributed by atoms with Gasteiger partial charge in [0.25, 0.3) is 5.91 Å². The van der Waals surface area contributed by atoms with Crippen molar-refractivity contribution >= 4 is 40.4 Å². The number of hydrogen-bond acceptors (Lipinski definition) is 7. The van der Waals surface area contributed by atoms with Crippen LogP contribution in [0.1, 0.15) is 5.69 Å². The maximum Gasteiger partial charge on any atom is 0.310 e. The first-order valence-electron chi connectivity index (χ1n) is 8.57. The fraction of sp³-hybridized carbons (Fsp3) is 0.105. The van der Waals surface area contributed by atoms with E-state index in [9.17, 15) is 19.7 Å². The van der Waals surface area contributed by atoms with Crippen LogP contribution in [0.15, 0.2) is 53.9 Å². The third-order valence-corrected chi connectivity index (χ3v) is 5.01. The summed E-state index contributed by atoms with van der Waals surface area (Å²) in [6.07, 6.45) is -0.0494. The molecule has 9 nitrogen and oxygen atoms in total. The van der Waals surface area contributed by atoms with Gasteiger partial charge < -0.3 is 4.74 Å². The van der Waals surface area contributed by atoms with Crippen LogP contribution in [0.5, 0.6) is 5.75 Å². The van der Waals surface area contributed by atoms with E-state index in [1.807, 2.05) is 18.2 Å². The van der Waals surface area contributed by atoms with Crippen molar-refractivity contribution in [2.75, 3.05) is 6.61 Å². The number of halogens is 1. The fourth-order valence-electron chi connectivity index (χ4n) is 2.40. The van der Waals surface area contributed by atoms with Crippen LogP contribution in [0, 0.1) is 10.1 Å². The predicted molar refractivity (Wildman–Crippen MR) is 111 cm³/mol. The summed E-state index contributed by atoms with van der Waals surface area (Å²) < 4.78 is 5.15. The SMILES string of the molecule is O=C(COc1ccccc1[N+](=O)[O-])NNC(=O)Cc1csc(-c2ccccc2Cl)n1. The van der Waals surface area contributed by atoms with E-state index >= 15 is 0 Å². The van der Waals surface area contributed by atoms with Crippen LogP contribution in [0.2, 0.25) is 5.02 Å². The topological polar surface area (TPSA) is 123 Å². The summed E-state index contributed by atoms with van der Waals surface area (Å²) in [6.45, 7) is -0.501. The molecule has 0 spiro atoms. The summed E-state index contributed by atoms with van der Waals surface area (Å²) in [4.78, 5) is 38.6. The van der Waals surface area contributed by atoms with Crippen LogP contribution < -0.4 is 15.6 Å². The van der Waals surface area contributed by atoms with Gasteiger partial charge in [0.2, 0.25) is 5.91 Å². The van der Waals surface area contributed by atoms with Crippen LogP contribution in [-0.2, 0) is 16.0 Å². The normalized spacial score (nSPS) is 10.3. The highest BCUT2D eigenvalue weighted by Gasteiger charge is 2.15. The Hall–Kier alpha value is -3.50. The zero-order valence-electron chi connectivity index (χ0n) is 15.3. The highest BCUT2D eigenvalue weighted by Crippen LogP contribution is 2.30. The van der Waals surface area contributed by atoms with Crippen molar-refractivity contribution in [1.29, 1.82) is 0 Å². The second-order valence-electron chi connectivity index (χ2n) is 5.91. The molecule has 0 bridgehead atoms. The quantitative estimate of drug-likeness (QED) is 0.424. The number of nitro benzene ring substituents is 1. The first-order valence-corrected chi connectivity index (χ1v) is 9.83. The standard InChI is InChI=1S/C19H15ClN4O5S/c20-14-6-2-1-5-13(14)19-21-12(11-30-19)9-17(25)22-23-18(26)10-29-16-8-4-3-7-15(16)24(27)28/h1-8,11H,9-10H2,(H,22,25)(H,23,26). The molecule has 1 heterocycles. The molecule has 0 unspecified atom stereocenters. The van der Waals surface area contributed by atoms with Gasteiger partial charge in [-0.1, -0.05) is 41.9 Å². The average molecular weight is 447 g/mol. The smallest absolute Gasteiger partial charge is 0.310 e. The van der Waals surface area contributed by atoms with E-state index in [1.54, 1.807) is 17.5 Å². The second-order valence-corrected chi connectivity index (χ2v) is 7.18. The molecule has 154 valence electrons. The molecule has 2 amide bonds. The minimum atomic E-state index is -0.670. The number of carbonyl (C=O) groups is 2. The zero-order chi connectivity index (χ0) is 21.5. The molecule has 0 atom stereocenters. The van der Waals surface area contributed by atoms with E-state index in [2.05, 4.69) is 15.8 Å². The molecule has 0 saturated heterocycles. The van der Waals surface area contributed by atoms with Gasteiger partial charge in [0.05, 0.1) is 22.1 Å². The van der Waals surface area contributed by atoms with Crippen LogP contribution in [0.25, 0.3) is 10.6 Å². The van der Waals surface area contributed by atoms with Gasteiger partial charge >= 0.3 is 5.69 Å². The van der Waals surface area contributed by atoms with Crippen molar-refractivity contribution in [3.05, 3.63) is 74.7 Å². The molecule has 11 heteroatoms. The number of para-hydroxylation sites is 2. The molecular formula is C19H15ClN4O5S. The van der Waals surface area contributed by atoms with Gasteiger partial charge in [0.15, 0.2) is 12.4 Å². The van der Waals surface area contributed by atoms with Crippen LogP contribution in [0.3, 0.4) is 0 Å². The number of carbonyl (C=O) groups excluding carboxylic acids is 2. The minimum Gasteiger partial charge on any atom is -0.477 e. The number of rotatable bonds is 7. The number of nitro groups is 1. The van der Waals surface area contributed by atoms with Crippen molar-refractivity contribution < 1.29 is 19.2 Å². The largest absolute Gasteiger partial charge is 0.477 e. The van der Waals surface area contributed by atoms with Crippen molar-refractivity contribution in [2.45, 2.75) is 6.42 Å². The Labute approximate surface area is 179 Å². The highest BCUT2D eigenvalue weighted by atomic mass is 35.5. The number of ether oxygens (including phenoxy) is 1. The number of amides is 2. The van der Waals surface area contributed by atoms with E-state index < -0.39 is 23.3 Å². The molecule has 0 aliphatic carbocycles. The third-order valence-electron chi connectivity index (χ3n) is 3.76. The van der Waals surface area contributed by atoms with Gasteiger partial charge in [0, 0.05) is 17.0 Å². The molecule has 3 aromatic rings. The van der Waals surface area contributed by atoms with Gasteiger partial charge in [-0.2, -0.15) is 0 Å². The lowest BCUT2D eigenvalue weighted by Crippen LogP contribution is -2.44. The maximum atomic E-state index is 12.0. The number of nitrogens with zero attached hydrogens (tertiary/aromatic N) is 2. The van der Waals surface area contributed by atoms with Gasteiger partial charge in [-0.3, -0.25) is 30.6 Å². The minimum absolute atomic E-state index is 0.0430. The van der Waals surface area contributed by atoms with E-state index in [0.717, 1.165) is 5.56 Å². The molecule has 0 fully saturated rings. The average Bonchev–Trinajstić information content (AvgIpc) is 3.19. The van der Waals surface area contributed by atoms with Gasteiger partial charge in [-0.15, -0.1) is 11.3 Å². The van der Waals surface area contributed by atoms with Crippen molar-refractivity contribution in [3.63, 3.8) is 0 Å². The Kier molecular flexibility index (Phi) is 6.94. The van der Waals surface area contributed by atoms with Gasteiger partial charge in [0.1, 0.15) is 5.01 Å². The first-order chi connectivity index (χ1) is 14.4. The molecule has 0 radical (unpaired) electrons. The molecule has 0 saturated carbocycles. The number of hydrogen-bond donors (Lipinski definition) is 2. The summed E-state index contributed by atoms with van der Waals surface area (Å²) in [5.41, 5.74) is 5.48. The van der Waals surface area contributed by atoms with Crippen LogP contribution >= 0.6 is 22.9 Å². The lowest BCUT2D eigenvalue weighted by molar-refractivity contribution is -0.385. The molecule has 2 N–H and O–H groups in total. The van der Waals surface area contributed by atoms with E-state index in [4.69, 9.17) is 16.3 Å². The Morgan fingerprint density at radius 2 is 1.80 bits per heavy atom. The number of aromatic nitrogens is 1. The van der Waals surface area contributed by atoms with E-state index in [-0.39, 0.29) is 17.9 Å². The van der Waals surface area contributed by atoms with Crippen LogP contribution in [-0.4, -0.2) is 28.3 Å². The maximum absolute atomic E-state index is 12.0. The Balaban J connectivity index is 1.48. The Bertz CT molecular complexity index is 1090. The molecular weight excluding hydrogens is 432 g/mol. The lowest BCUT2D eigenvalue weighted by atomic mass is 10.2. The van der Waals surface area contributed by atoms with E-state index in [0.29, 0.717) is 15.7 Å². The third kappa shape index (κ3) is 5.52. The highest BCUT2D eigenvalue weighted by molar-refractivity contribution is 7.13. The summed E-state index contributed by atoms with van der Waals surface area (Å²) in [7, 11) is 0. The second kappa shape index (κ2) is 9.81. The molecule has 2 aromatic carbocycles. The molecule has 0 aliphatic rings. The summed E-state index contributed by atoms with van der Waals surface area (Å²) in [6, 6.07) is 12.9. The lowest BCUT2D eigenvalue weighted by Gasteiger charge is -2.08. The van der Waals surface area contributed by atoms with Crippen LogP contribution in [0.4, 0.5) is 5.69 Å². The predicted octanol–water partition coefficient (Wildman–Crippen LogP) is 3.14. The zero-order valence-corrected chi connectivity index (χ0v) is 16.9. The number of hydrazine groups is 1. The van der Waals surface area contributed by atoms with Crippen molar-refractivity contribution in [3.8, 4) is 16.3 Å². The Morgan fingerprint density at radius 3 is 2.57 bits per heavy atom. The summed E-state index contributed by atoms with van der Waals surface area (Å²) in [5, 5.41) is 13.9. The summed E-state index contributed by atoms with van der Waals surface area (Å²) in [5.74, 6) is -1.19. The number of nitrogens with one attached hydrogen (secondary N) is 2. The van der Waals surface area contributed by atoms with Gasteiger partial charge in [-0.05, 0) is 12.1 Å². The van der Waals surface area contributed by atoms with E-state index in [1.165, 1.54) is 29.5 Å². The molecule has 0 aliphatic heterocycles.